The van der Waals surface area contributed by atoms with Crippen molar-refractivity contribution in [3.8, 4) is 0 Å². The van der Waals surface area contributed by atoms with Crippen LogP contribution in [0.3, 0.4) is 0 Å². The molecule has 2 saturated carbocycles. The summed E-state index contributed by atoms with van der Waals surface area (Å²) in [7, 11) is 0. The summed E-state index contributed by atoms with van der Waals surface area (Å²) in [6, 6.07) is 0. The number of nitrogens with two attached hydrogens (primary N) is 1. The van der Waals surface area contributed by atoms with Crippen LogP contribution in [0.25, 0.3) is 0 Å². The van der Waals surface area contributed by atoms with Crippen molar-refractivity contribution in [3.05, 3.63) is 0 Å². The Morgan fingerprint density at radius 3 is 2.70 bits per heavy atom. The smallest absolute Gasteiger partial charge is 0.0189 e. The molecule has 2 atom stereocenters. The maximum Gasteiger partial charge on any atom is 0.0189 e. The van der Waals surface area contributed by atoms with E-state index >= 15 is 0 Å². The lowest BCUT2D eigenvalue weighted by atomic mass is 10.1. The van der Waals surface area contributed by atoms with Gasteiger partial charge in [0, 0.05) is 5.54 Å². The monoisotopic (exact) mass is 139 g/mol. The summed E-state index contributed by atoms with van der Waals surface area (Å²) in [6.07, 6.45) is 6.78. The van der Waals surface area contributed by atoms with Gasteiger partial charge in [-0.3, -0.25) is 0 Å². The van der Waals surface area contributed by atoms with Crippen LogP contribution in [-0.4, -0.2) is 5.54 Å². The van der Waals surface area contributed by atoms with Crippen molar-refractivity contribution in [3.63, 3.8) is 0 Å². The fraction of sp³-hybridized carbons (Fsp3) is 1.00. The summed E-state index contributed by atoms with van der Waals surface area (Å²) in [5.41, 5.74) is 6.44. The summed E-state index contributed by atoms with van der Waals surface area (Å²) in [6.45, 7) is 2.23. The third-order valence-electron chi connectivity index (χ3n) is 3.08. The van der Waals surface area contributed by atoms with Crippen LogP contribution in [-0.2, 0) is 0 Å². The molecule has 2 rings (SSSR count). The van der Waals surface area contributed by atoms with E-state index < -0.39 is 0 Å². The van der Waals surface area contributed by atoms with Crippen molar-refractivity contribution >= 4 is 0 Å². The zero-order chi connectivity index (χ0) is 7.19. The summed E-state index contributed by atoms with van der Waals surface area (Å²) in [5.74, 6) is 1.96. The second kappa shape index (κ2) is 1.97. The van der Waals surface area contributed by atoms with Crippen molar-refractivity contribution < 1.29 is 0 Å². The van der Waals surface area contributed by atoms with Crippen molar-refractivity contribution in [1.29, 1.82) is 0 Å². The van der Waals surface area contributed by atoms with Crippen molar-refractivity contribution in [2.24, 2.45) is 17.6 Å². The minimum absolute atomic E-state index is 0.302. The van der Waals surface area contributed by atoms with Crippen molar-refractivity contribution in [2.75, 3.05) is 0 Å². The molecule has 2 fully saturated rings. The summed E-state index contributed by atoms with van der Waals surface area (Å²) >= 11 is 0. The SMILES string of the molecule is CCCC1(N)CC1C1CC1. The molecule has 0 saturated heterocycles. The van der Waals surface area contributed by atoms with Gasteiger partial charge in [-0.25, -0.2) is 0 Å². The van der Waals surface area contributed by atoms with Gasteiger partial charge in [-0.2, -0.15) is 0 Å². The molecule has 0 heterocycles. The molecule has 2 N–H and O–H groups in total. The number of hydrogen-bond acceptors (Lipinski definition) is 1. The van der Waals surface area contributed by atoms with Crippen molar-refractivity contribution in [2.45, 2.75) is 44.6 Å². The summed E-state index contributed by atoms with van der Waals surface area (Å²) in [5, 5.41) is 0. The Morgan fingerprint density at radius 1 is 1.50 bits per heavy atom. The van der Waals surface area contributed by atoms with Gasteiger partial charge in [0.15, 0.2) is 0 Å². The topological polar surface area (TPSA) is 26.0 Å². The van der Waals surface area contributed by atoms with E-state index in [0.717, 1.165) is 11.8 Å². The molecule has 2 unspecified atom stereocenters. The van der Waals surface area contributed by atoms with Gasteiger partial charge in [-0.05, 0) is 37.5 Å². The molecule has 1 nitrogen and oxygen atoms in total. The second-order valence-electron chi connectivity index (χ2n) is 4.13. The lowest BCUT2D eigenvalue weighted by Crippen LogP contribution is -2.24. The molecule has 0 spiro atoms. The van der Waals surface area contributed by atoms with Gasteiger partial charge in [0.25, 0.3) is 0 Å². The molecule has 0 aromatic heterocycles. The van der Waals surface area contributed by atoms with Crippen LogP contribution in [0, 0.1) is 11.8 Å². The lowest BCUT2D eigenvalue weighted by Gasteiger charge is -2.07. The molecular formula is C9H17N. The molecule has 2 aliphatic carbocycles. The zero-order valence-corrected chi connectivity index (χ0v) is 6.77. The largest absolute Gasteiger partial charge is 0.325 e. The standard InChI is InChI=1S/C9H17N/c1-2-5-9(10)6-8(9)7-3-4-7/h7-8H,2-6,10H2,1H3. The van der Waals surface area contributed by atoms with E-state index in [2.05, 4.69) is 6.92 Å². The van der Waals surface area contributed by atoms with Crippen LogP contribution >= 0.6 is 0 Å². The van der Waals surface area contributed by atoms with Gasteiger partial charge in [-0.15, -0.1) is 0 Å². The molecule has 0 aliphatic heterocycles. The second-order valence-corrected chi connectivity index (χ2v) is 4.13. The molecule has 1 heteroatoms. The molecule has 0 radical (unpaired) electrons. The molecule has 0 aromatic carbocycles. The highest BCUT2D eigenvalue weighted by atomic mass is 14.9. The van der Waals surface area contributed by atoms with Gasteiger partial charge in [0.1, 0.15) is 0 Å². The van der Waals surface area contributed by atoms with E-state index in [1.165, 1.54) is 32.1 Å². The molecular weight excluding hydrogens is 122 g/mol. The minimum Gasteiger partial charge on any atom is -0.325 e. The van der Waals surface area contributed by atoms with Gasteiger partial charge in [0.2, 0.25) is 0 Å². The average molecular weight is 139 g/mol. The van der Waals surface area contributed by atoms with Gasteiger partial charge < -0.3 is 5.73 Å². The average Bonchev–Trinajstić information content (AvgIpc) is 2.64. The normalized spacial score (nSPS) is 45.6. The first-order valence-corrected chi connectivity index (χ1v) is 4.55. The van der Waals surface area contributed by atoms with E-state index in [1.54, 1.807) is 0 Å². The van der Waals surface area contributed by atoms with Crippen LogP contribution in [0.5, 0.6) is 0 Å². The van der Waals surface area contributed by atoms with Crippen LogP contribution in [0.4, 0.5) is 0 Å². The molecule has 0 bridgehead atoms. The molecule has 2 aliphatic rings. The Kier molecular flexibility index (Phi) is 1.31. The predicted molar refractivity (Wildman–Crippen MR) is 42.7 cm³/mol. The van der Waals surface area contributed by atoms with Crippen molar-refractivity contribution in [1.82, 2.24) is 0 Å². The van der Waals surface area contributed by atoms with E-state index in [9.17, 15) is 0 Å². The Morgan fingerprint density at radius 2 is 2.20 bits per heavy atom. The van der Waals surface area contributed by atoms with E-state index in [4.69, 9.17) is 5.73 Å². The van der Waals surface area contributed by atoms with Gasteiger partial charge >= 0.3 is 0 Å². The summed E-state index contributed by atoms with van der Waals surface area (Å²) in [4.78, 5) is 0. The van der Waals surface area contributed by atoms with Gasteiger partial charge in [0.05, 0.1) is 0 Å². The molecule has 58 valence electrons. The highest BCUT2D eigenvalue weighted by Gasteiger charge is 2.56. The van der Waals surface area contributed by atoms with E-state index in [0.29, 0.717) is 5.54 Å². The van der Waals surface area contributed by atoms with Crippen LogP contribution in [0.15, 0.2) is 0 Å². The van der Waals surface area contributed by atoms with Crippen LogP contribution in [0.1, 0.15) is 39.0 Å². The fourth-order valence-electron chi connectivity index (χ4n) is 2.24. The third kappa shape index (κ3) is 0.968. The Bertz CT molecular complexity index is 140. The first-order valence-electron chi connectivity index (χ1n) is 4.55. The lowest BCUT2D eigenvalue weighted by molar-refractivity contribution is 0.510. The Balaban J connectivity index is 1.84. The third-order valence-corrected chi connectivity index (χ3v) is 3.08. The maximum absolute atomic E-state index is 6.14. The molecule has 0 aromatic rings. The minimum atomic E-state index is 0.302. The van der Waals surface area contributed by atoms with Gasteiger partial charge in [-0.1, -0.05) is 13.3 Å². The van der Waals surface area contributed by atoms with E-state index in [1.807, 2.05) is 0 Å². The Labute approximate surface area is 63.0 Å². The van der Waals surface area contributed by atoms with Crippen LogP contribution in [0.2, 0.25) is 0 Å². The molecule has 0 amide bonds. The number of hydrogen-bond donors (Lipinski definition) is 1. The first kappa shape index (κ1) is 6.66. The maximum atomic E-state index is 6.14. The molecule has 10 heavy (non-hydrogen) atoms. The first-order chi connectivity index (χ1) is 4.76. The highest BCUT2D eigenvalue weighted by Crippen LogP contribution is 2.57. The number of rotatable bonds is 3. The Hall–Kier alpha value is -0.0400. The van der Waals surface area contributed by atoms with Crippen LogP contribution < -0.4 is 5.73 Å². The van der Waals surface area contributed by atoms with E-state index in [-0.39, 0.29) is 0 Å². The predicted octanol–water partition coefficient (Wildman–Crippen LogP) is 1.91. The zero-order valence-electron chi connectivity index (χ0n) is 6.77. The highest BCUT2D eigenvalue weighted by molar-refractivity contribution is 5.12. The quantitative estimate of drug-likeness (QED) is 0.635. The summed E-state index contributed by atoms with van der Waals surface area (Å²) < 4.78 is 0. The fourth-order valence-corrected chi connectivity index (χ4v) is 2.24.